The molecule has 0 atom stereocenters. The molecular weight excluding hydrogens is 256 g/mol. The molecule has 5 nitrogen and oxygen atoms in total. The van der Waals surface area contributed by atoms with E-state index in [1.165, 1.54) is 0 Å². The zero-order valence-corrected chi connectivity index (χ0v) is 11.3. The molecule has 20 heavy (non-hydrogen) atoms. The van der Waals surface area contributed by atoms with E-state index in [9.17, 15) is 4.79 Å². The van der Waals surface area contributed by atoms with E-state index in [2.05, 4.69) is 10.5 Å². The van der Waals surface area contributed by atoms with Crippen molar-refractivity contribution in [1.29, 1.82) is 0 Å². The number of oxime groups is 1. The molecule has 3 aliphatic rings. The van der Waals surface area contributed by atoms with Crippen LogP contribution in [0.25, 0.3) is 0 Å². The van der Waals surface area contributed by atoms with Crippen LogP contribution in [0.5, 0.6) is 0 Å². The van der Waals surface area contributed by atoms with Crippen molar-refractivity contribution in [2.45, 2.75) is 31.3 Å². The maximum Gasteiger partial charge on any atom is 0.335 e. The van der Waals surface area contributed by atoms with E-state index in [4.69, 9.17) is 9.94 Å². The Bertz CT molecular complexity index is 537. The second-order valence-corrected chi connectivity index (χ2v) is 5.43. The zero-order chi connectivity index (χ0) is 14.0. The first kappa shape index (κ1) is 13.1. The predicted molar refractivity (Wildman–Crippen MR) is 75.5 cm³/mol. The van der Waals surface area contributed by atoms with Crippen molar-refractivity contribution in [3.63, 3.8) is 0 Å². The molecule has 2 heterocycles. The van der Waals surface area contributed by atoms with Crippen LogP contribution in [-0.2, 0) is 9.63 Å². The van der Waals surface area contributed by atoms with E-state index >= 15 is 0 Å². The van der Waals surface area contributed by atoms with Gasteiger partial charge in [-0.2, -0.15) is 0 Å². The second-order valence-electron chi connectivity index (χ2n) is 5.43. The number of carboxylic acids is 1. The molecule has 1 spiro atoms. The molecule has 0 saturated carbocycles. The smallest absolute Gasteiger partial charge is 0.335 e. The van der Waals surface area contributed by atoms with Gasteiger partial charge in [-0.25, -0.2) is 4.79 Å². The van der Waals surface area contributed by atoms with Crippen molar-refractivity contribution < 1.29 is 14.7 Å². The topological polar surface area (TPSA) is 70.9 Å². The number of rotatable bonds is 2. The molecule has 0 unspecified atom stereocenters. The molecule has 106 valence electrons. The van der Waals surface area contributed by atoms with Crippen molar-refractivity contribution in [3.05, 3.63) is 35.5 Å². The van der Waals surface area contributed by atoms with Gasteiger partial charge in [0.15, 0.2) is 0 Å². The van der Waals surface area contributed by atoms with Gasteiger partial charge in [-0.15, -0.1) is 0 Å². The number of nitrogens with zero attached hydrogens (tertiary/aromatic N) is 1. The molecule has 0 bridgehead atoms. The van der Waals surface area contributed by atoms with E-state index < -0.39 is 5.97 Å². The third kappa shape index (κ3) is 2.54. The summed E-state index contributed by atoms with van der Waals surface area (Å²) in [6, 6.07) is 0. The van der Waals surface area contributed by atoms with Gasteiger partial charge in [0.25, 0.3) is 0 Å². The van der Waals surface area contributed by atoms with Gasteiger partial charge in [0.2, 0.25) is 0 Å². The van der Waals surface area contributed by atoms with Crippen molar-refractivity contribution >= 4 is 11.7 Å². The molecule has 0 aromatic carbocycles. The standard InChI is InChI=1S/C15H18N2O3/c18-14(19)12-3-1-2-11(4-5-12)13-10-15(20-17-13)6-8-16-9-7-15/h2-5,16H,1,6-10H2,(H,18,19). The Morgan fingerprint density at radius 1 is 1.30 bits per heavy atom. The molecule has 1 aliphatic carbocycles. The van der Waals surface area contributed by atoms with E-state index in [-0.39, 0.29) is 5.60 Å². The summed E-state index contributed by atoms with van der Waals surface area (Å²) in [5, 5.41) is 16.6. The zero-order valence-electron chi connectivity index (χ0n) is 11.3. The summed E-state index contributed by atoms with van der Waals surface area (Å²) in [5.74, 6) is -0.893. The minimum absolute atomic E-state index is 0.148. The SMILES string of the molecule is O=C(O)C1=CCC=C(C2=NOC3(CCNCC3)C2)C=C1. The number of aliphatic carboxylic acids is 1. The fourth-order valence-corrected chi connectivity index (χ4v) is 2.83. The van der Waals surface area contributed by atoms with Gasteiger partial charge in [0, 0.05) is 19.3 Å². The Morgan fingerprint density at radius 2 is 2.10 bits per heavy atom. The van der Waals surface area contributed by atoms with Crippen LogP contribution in [0.3, 0.4) is 0 Å². The van der Waals surface area contributed by atoms with Crippen LogP contribution in [0.2, 0.25) is 0 Å². The molecule has 0 aromatic heterocycles. The lowest BCUT2D eigenvalue weighted by molar-refractivity contribution is -0.132. The van der Waals surface area contributed by atoms with E-state index in [0.29, 0.717) is 12.0 Å². The van der Waals surface area contributed by atoms with Gasteiger partial charge >= 0.3 is 5.97 Å². The Morgan fingerprint density at radius 3 is 2.85 bits per heavy atom. The molecule has 0 aromatic rings. The maximum absolute atomic E-state index is 11.0. The van der Waals surface area contributed by atoms with Gasteiger partial charge in [-0.05, 0) is 31.2 Å². The highest BCUT2D eigenvalue weighted by Crippen LogP contribution is 2.34. The Kier molecular flexibility index (Phi) is 3.44. The number of hydrogen-bond donors (Lipinski definition) is 2. The highest BCUT2D eigenvalue weighted by atomic mass is 16.7. The first-order chi connectivity index (χ1) is 9.69. The van der Waals surface area contributed by atoms with Crippen LogP contribution in [0.15, 0.2) is 40.6 Å². The molecular formula is C15H18N2O3. The fourth-order valence-electron chi connectivity index (χ4n) is 2.83. The summed E-state index contributed by atoms with van der Waals surface area (Å²) in [6.45, 7) is 1.92. The molecule has 0 amide bonds. The van der Waals surface area contributed by atoms with Crippen molar-refractivity contribution in [3.8, 4) is 0 Å². The highest BCUT2D eigenvalue weighted by molar-refractivity contribution is 6.04. The Hall–Kier alpha value is -1.88. The molecule has 2 aliphatic heterocycles. The summed E-state index contributed by atoms with van der Waals surface area (Å²) < 4.78 is 0. The predicted octanol–water partition coefficient (Wildman–Crippen LogP) is 1.78. The van der Waals surface area contributed by atoms with E-state index in [0.717, 1.165) is 43.6 Å². The van der Waals surface area contributed by atoms with Crippen LogP contribution < -0.4 is 5.32 Å². The number of carboxylic acid groups (broad SMARTS) is 1. The summed E-state index contributed by atoms with van der Waals surface area (Å²) in [5.41, 5.74) is 2.09. The fraction of sp³-hybridized carbons (Fsp3) is 0.467. The summed E-state index contributed by atoms with van der Waals surface area (Å²) in [4.78, 5) is 16.7. The lowest BCUT2D eigenvalue weighted by atomic mass is 9.86. The van der Waals surface area contributed by atoms with Crippen LogP contribution in [-0.4, -0.2) is 35.5 Å². The average Bonchev–Trinajstić information content (AvgIpc) is 2.70. The summed E-state index contributed by atoms with van der Waals surface area (Å²) in [7, 11) is 0. The van der Waals surface area contributed by atoms with Crippen molar-refractivity contribution in [2.24, 2.45) is 5.16 Å². The molecule has 0 radical (unpaired) electrons. The molecule has 3 rings (SSSR count). The van der Waals surface area contributed by atoms with Gasteiger partial charge in [0.1, 0.15) is 5.60 Å². The van der Waals surface area contributed by atoms with E-state index in [1.807, 2.05) is 12.2 Å². The quantitative estimate of drug-likeness (QED) is 0.805. The van der Waals surface area contributed by atoms with Crippen molar-refractivity contribution in [2.75, 3.05) is 13.1 Å². The van der Waals surface area contributed by atoms with Gasteiger partial charge < -0.3 is 15.3 Å². The maximum atomic E-state index is 11.0. The minimum Gasteiger partial charge on any atom is -0.478 e. The third-order valence-electron chi connectivity index (χ3n) is 4.05. The van der Waals surface area contributed by atoms with Gasteiger partial charge in [0.05, 0.1) is 11.3 Å². The van der Waals surface area contributed by atoms with Crippen LogP contribution in [0, 0.1) is 0 Å². The summed E-state index contributed by atoms with van der Waals surface area (Å²) >= 11 is 0. The first-order valence-electron chi connectivity index (χ1n) is 6.96. The van der Waals surface area contributed by atoms with Gasteiger partial charge in [-0.1, -0.05) is 23.4 Å². The lowest BCUT2D eigenvalue weighted by Crippen LogP contribution is -2.42. The number of piperidine rings is 1. The number of hydrogen-bond acceptors (Lipinski definition) is 4. The second kappa shape index (κ2) is 5.25. The molecule has 1 fully saturated rings. The van der Waals surface area contributed by atoms with E-state index in [1.54, 1.807) is 12.2 Å². The van der Waals surface area contributed by atoms with Crippen LogP contribution >= 0.6 is 0 Å². The van der Waals surface area contributed by atoms with Crippen LogP contribution in [0.4, 0.5) is 0 Å². The lowest BCUT2D eigenvalue weighted by Gasteiger charge is -2.30. The number of carbonyl (C=O) groups is 1. The molecule has 5 heteroatoms. The normalized spacial score (nSPS) is 24.5. The molecule has 1 saturated heterocycles. The number of allylic oxidation sites excluding steroid dienone is 4. The van der Waals surface area contributed by atoms with Crippen molar-refractivity contribution in [1.82, 2.24) is 5.32 Å². The Balaban J connectivity index is 1.71. The largest absolute Gasteiger partial charge is 0.478 e. The van der Waals surface area contributed by atoms with Gasteiger partial charge in [-0.3, -0.25) is 0 Å². The average molecular weight is 274 g/mol. The number of nitrogens with one attached hydrogen (secondary N) is 1. The van der Waals surface area contributed by atoms with Crippen LogP contribution in [0.1, 0.15) is 25.7 Å². The summed E-state index contributed by atoms with van der Waals surface area (Å²) in [6.07, 6.45) is 10.5. The third-order valence-corrected chi connectivity index (χ3v) is 4.05. The highest BCUT2D eigenvalue weighted by Gasteiger charge is 2.40. The first-order valence-corrected chi connectivity index (χ1v) is 6.96. The minimum atomic E-state index is -0.893. The monoisotopic (exact) mass is 274 g/mol. The molecule has 2 N–H and O–H groups in total. The Labute approximate surface area is 117 Å².